The molecule has 3 aliphatic rings. The second kappa shape index (κ2) is 27.5. The Morgan fingerprint density at radius 3 is 1.70 bits per heavy atom. The van der Waals surface area contributed by atoms with E-state index in [9.17, 15) is 33.6 Å². The molecular weight excluding hydrogens is 813 g/mol. The molecule has 0 spiro atoms. The van der Waals surface area contributed by atoms with E-state index in [1.165, 1.54) is 22.3 Å². The molecule has 0 radical (unpaired) electrons. The van der Waals surface area contributed by atoms with Crippen molar-refractivity contribution in [1.29, 1.82) is 0 Å². The van der Waals surface area contributed by atoms with Gasteiger partial charge in [-0.2, -0.15) is 0 Å². The summed E-state index contributed by atoms with van der Waals surface area (Å²) in [6, 6.07) is 15.0. The molecular formula is C43H66N12O8. The topological polar surface area (TPSA) is 312 Å². The Bertz CT molecular complexity index is 1870. The first-order valence-corrected chi connectivity index (χ1v) is 20.8. The van der Waals surface area contributed by atoms with E-state index < -0.39 is 18.0 Å². The van der Waals surface area contributed by atoms with Crippen molar-refractivity contribution in [3.05, 3.63) is 59.7 Å². The number of primary amides is 1. The molecule has 1 aliphatic carbocycles. The van der Waals surface area contributed by atoms with Gasteiger partial charge >= 0.3 is 6.09 Å². The summed E-state index contributed by atoms with van der Waals surface area (Å²) >= 11 is 0. The fourth-order valence-corrected chi connectivity index (χ4v) is 6.99. The van der Waals surface area contributed by atoms with Crippen LogP contribution in [0.15, 0.2) is 58.5 Å². The van der Waals surface area contributed by atoms with E-state index >= 15 is 0 Å². The van der Waals surface area contributed by atoms with Crippen molar-refractivity contribution in [3.8, 4) is 11.1 Å². The summed E-state index contributed by atoms with van der Waals surface area (Å²) < 4.78 is 5.24. The number of likely N-dealkylation sites (N-methyl/N-ethyl adjacent to an activating group) is 3. The number of fused-ring (bicyclic) bond motifs is 3. The van der Waals surface area contributed by atoms with Crippen LogP contribution in [-0.2, 0) is 33.5 Å². The van der Waals surface area contributed by atoms with Crippen molar-refractivity contribution in [3.63, 3.8) is 0 Å². The van der Waals surface area contributed by atoms with Crippen LogP contribution < -0.4 is 44.2 Å². The summed E-state index contributed by atoms with van der Waals surface area (Å²) in [6.07, 6.45) is 3.62. The molecule has 0 bridgehead atoms. The maximum atomic E-state index is 12.0. The molecule has 12 N–H and O–H groups in total. The largest absolute Gasteiger partial charge is 0.449 e. The number of amidine groups is 1. The number of nitrogens with zero attached hydrogens (tertiary/aromatic N) is 4. The van der Waals surface area contributed by atoms with E-state index in [4.69, 9.17) is 27.7 Å². The number of carbonyl (C=O) groups excluding carboxylic acids is 7. The summed E-state index contributed by atoms with van der Waals surface area (Å²) in [5, 5.41) is 10.4. The Balaban J connectivity index is 0.000000302. The van der Waals surface area contributed by atoms with E-state index in [0.717, 1.165) is 6.42 Å². The minimum absolute atomic E-state index is 0.00926. The molecule has 0 saturated carbocycles. The summed E-state index contributed by atoms with van der Waals surface area (Å²) in [5.41, 5.74) is 26.0. The minimum Gasteiger partial charge on any atom is -0.449 e. The van der Waals surface area contributed by atoms with Crippen LogP contribution in [0.2, 0.25) is 0 Å². The summed E-state index contributed by atoms with van der Waals surface area (Å²) in [6.45, 7) is 5.91. The van der Waals surface area contributed by atoms with Gasteiger partial charge in [-0.1, -0.05) is 55.5 Å². The van der Waals surface area contributed by atoms with Crippen molar-refractivity contribution in [1.82, 2.24) is 31.1 Å². The van der Waals surface area contributed by atoms with E-state index in [-0.39, 0.29) is 60.0 Å². The Labute approximate surface area is 369 Å². The van der Waals surface area contributed by atoms with Crippen LogP contribution in [-0.4, -0.2) is 149 Å². The SMILES string of the molecule is CCC(=O)CC=O.CN1CC(C(N)=O)NC(=O)[C@@H]1CCCN=C(N)N.CNC(=O)C1CN(C)[C@@H](CCCN=C(C)N)C(=O)N1.CNC(=O)OCC1c2ccccc2-c2ccccc21. The highest BCUT2D eigenvalue weighted by Gasteiger charge is 2.35. The molecule has 2 aromatic carbocycles. The minimum atomic E-state index is -0.614. The maximum Gasteiger partial charge on any atom is 0.406 e. The number of aldehydes is 1. The number of hydrogen-bond acceptors (Lipinski definition) is 12. The van der Waals surface area contributed by atoms with Gasteiger partial charge < -0.3 is 53.7 Å². The number of ether oxygens (including phenoxy) is 1. The van der Waals surface area contributed by atoms with Crippen molar-refractivity contribution >= 4 is 53.6 Å². The van der Waals surface area contributed by atoms with Gasteiger partial charge in [0.2, 0.25) is 23.6 Å². The van der Waals surface area contributed by atoms with Crippen molar-refractivity contribution < 1.29 is 38.3 Å². The highest BCUT2D eigenvalue weighted by Crippen LogP contribution is 2.44. The summed E-state index contributed by atoms with van der Waals surface area (Å²) in [4.78, 5) is 89.0. The van der Waals surface area contributed by atoms with Crippen LogP contribution >= 0.6 is 0 Å². The lowest BCUT2D eigenvalue weighted by Crippen LogP contribution is -2.62. The molecule has 2 saturated heterocycles. The first-order valence-electron chi connectivity index (χ1n) is 20.8. The molecule has 2 heterocycles. The highest BCUT2D eigenvalue weighted by molar-refractivity contribution is 5.92. The third kappa shape index (κ3) is 17.5. The van der Waals surface area contributed by atoms with Crippen LogP contribution in [0.3, 0.4) is 0 Å². The van der Waals surface area contributed by atoms with Gasteiger partial charge in [0.25, 0.3) is 0 Å². The monoisotopic (exact) mass is 879 g/mol. The number of ketones is 1. The van der Waals surface area contributed by atoms with Crippen molar-refractivity contribution in [2.24, 2.45) is 32.9 Å². The molecule has 5 amide bonds. The number of rotatable bonds is 15. The molecule has 63 heavy (non-hydrogen) atoms. The second-order valence-corrected chi connectivity index (χ2v) is 15.0. The number of aliphatic imine (C=N–C) groups is 2. The predicted molar refractivity (Wildman–Crippen MR) is 241 cm³/mol. The molecule has 2 aliphatic heterocycles. The zero-order valence-electron chi connectivity index (χ0n) is 37.2. The molecule has 2 aromatic rings. The number of hydrogen-bond donors (Lipinski definition) is 8. The Morgan fingerprint density at radius 1 is 0.794 bits per heavy atom. The van der Waals surface area contributed by atoms with E-state index in [1.807, 2.05) is 41.1 Å². The van der Waals surface area contributed by atoms with Gasteiger partial charge in [-0.25, -0.2) is 4.79 Å². The highest BCUT2D eigenvalue weighted by atomic mass is 16.5. The van der Waals surface area contributed by atoms with Crippen LogP contribution in [0.25, 0.3) is 11.1 Å². The standard InChI is InChI=1S/C16H15NO2.C12H23N5O2.C10H20N6O2.C5H8O2/c1-17-16(18)19-10-15-13-8-4-2-6-11(13)12-7-3-5-9-14(12)15;1-8(13)15-6-4-5-10-12(19)16-9(7-17(10)3)11(18)14-2;1-16-5-6(8(11)17)15-9(18)7(16)3-2-4-14-10(12)13;1-2-5(7)3-4-6/h2-9,15H,10H2,1H3,(H,17,18);9-10H,4-7H2,1-3H3,(H2,13,15)(H,14,18)(H,16,19);6-7H,2-5H2,1H3,(H2,11,17)(H,15,18)(H4,12,13,14);4H,2-3H2,1H3/t;9?,10-;6?,7-;/m.00./s1. The lowest BCUT2D eigenvalue weighted by atomic mass is 9.98. The van der Waals surface area contributed by atoms with Crippen LogP contribution in [0, 0.1) is 0 Å². The third-order valence-electron chi connectivity index (χ3n) is 10.3. The number of benzene rings is 2. The summed E-state index contributed by atoms with van der Waals surface area (Å²) in [5.74, 6) is -0.227. The van der Waals surface area contributed by atoms with Gasteiger partial charge in [-0.15, -0.1) is 0 Å². The van der Waals surface area contributed by atoms with Crippen molar-refractivity contribution in [2.45, 2.75) is 82.5 Å². The average Bonchev–Trinajstić information content (AvgIpc) is 3.57. The molecule has 2 unspecified atom stereocenters. The maximum absolute atomic E-state index is 12.0. The number of piperazine rings is 2. The molecule has 2 fully saturated rings. The smallest absolute Gasteiger partial charge is 0.406 e. The van der Waals surface area contributed by atoms with Gasteiger partial charge in [0, 0.05) is 52.6 Å². The number of carbonyl (C=O) groups is 7. The van der Waals surface area contributed by atoms with Crippen molar-refractivity contribution in [2.75, 3.05) is 61.0 Å². The molecule has 20 nitrogen and oxygen atoms in total. The second-order valence-electron chi connectivity index (χ2n) is 15.0. The number of alkyl carbamates (subject to hydrolysis) is 1. The van der Waals surface area contributed by atoms with E-state index in [0.29, 0.717) is 70.6 Å². The van der Waals surface area contributed by atoms with Crippen LogP contribution in [0.5, 0.6) is 0 Å². The first-order chi connectivity index (χ1) is 30.0. The third-order valence-corrected chi connectivity index (χ3v) is 10.3. The molecule has 346 valence electrons. The Hall–Kier alpha value is -6.41. The number of nitrogens with one attached hydrogen (secondary N) is 4. The fraction of sp³-hybridized carbons (Fsp3) is 0.512. The van der Waals surface area contributed by atoms with Gasteiger partial charge in [0.1, 0.15) is 30.8 Å². The van der Waals surface area contributed by atoms with Crippen LogP contribution in [0.1, 0.15) is 69.4 Å². The number of Topliss-reactive ketones (excluding diaryl/α,β-unsaturated/α-hetero) is 1. The number of nitrogens with two attached hydrogens (primary N) is 4. The Morgan fingerprint density at radius 2 is 1.29 bits per heavy atom. The lowest BCUT2D eigenvalue weighted by molar-refractivity contribution is -0.136. The van der Waals surface area contributed by atoms with Gasteiger partial charge in [0.15, 0.2) is 5.96 Å². The first kappa shape index (κ1) is 52.7. The Kier molecular flexibility index (Phi) is 23.0. The fourth-order valence-electron chi connectivity index (χ4n) is 6.99. The number of guanidine groups is 1. The number of amides is 5. The average molecular weight is 879 g/mol. The zero-order valence-corrected chi connectivity index (χ0v) is 37.2. The van der Waals surface area contributed by atoms with Crippen LogP contribution in [0.4, 0.5) is 4.79 Å². The lowest BCUT2D eigenvalue weighted by Gasteiger charge is -2.36. The normalized spacial score (nSPS) is 19.2. The van der Waals surface area contributed by atoms with Gasteiger partial charge in [-0.05, 0) is 69.0 Å². The molecule has 5 rings (SSSR count). The van der Waals surface area contributed by atoms with Gasteiger partial charge in [-0.3, -0.25) is 43.8 Å². The molecule has 0 aromatic heterocycles. The van der Waals surface area contributed by atoms with Gasteiger partial charge in [0.05, 0.1) is 24.3 Å². The van der Waals surface area contributed by atoms with E-state index in [2.05, 4.69) is 55.5 Å². The zero-order chi connectivity index (χ0) is 47.1. The summed E-state index contributed by atoms with van der Waals surface area (Å²) in [7, 11) is 6.78. The molecule has 20 heteroatoms. The quantitative estimate of drug-likeness (QED) is 0.0376. The molecule has 4 atom stereocenters. The predicted octanol–water partition coefficient (Wildman–Crippen LogP) is -0.278. The van der Waals surface area contributed by atoms with E-state index in [1.54, 1.807) is 35.0 Å².